The highest BCUT2D eigenvalue weighted by atomic mass is 16.6. The molecular weight excluding hydrogens is 710 g/mol. The molecule has 0 aromatic rings. The molecule has 18 N–H and O–H groups in total. The smallest absolute Gasteiger partial charge is 0.316 e. The monoisotopic (exact) mass is 761 g/mol. The van der Waals surface area contributed by atoms with Gasteiger partial charge in [0.2, 0.25) is 0 Å². The number of carbonyl (C=O) groups excluding carboxylic acids is 3. The van der Waals surface area contributed by atoms with E-state index in [1.165, 1.54) is 0 Å². The highest BCUT2D eigenvalue weighted by Crippen LogP contribution is 2.21. The van der Waals surface area contributed by atoms with Crippen molar-refractivity contribution in [1.82, 2.24) is 36.8 Å². The van der Waals surface area contributed by atoms with Crippen molar-refractivity contribution in [1.29, 1.82) is 0 Å². The van der Waals surface area contributed by atoms with E-state index in [2.05, 4.69) is 31.9 Å². The van der Waals surface area contributed by atoms with E-state index in [9.17, 15) is 75.7 Å². The summed E-state index contributed by atoms with van der Waals surface area (Å²) in [6.07, 6.45) is -23.4. The van der Waals surface area contributed by atoms with E-state index in [0.29, 0.717) is 0 Å². The van der Waals surface area contributed by atoms with Crippen LogP contribution in [-0.4, -0.2) is 235 Å². The Morgan fingerprint density at radius 3 is 0.904 bits per heavy atom. The highest BCUT2D eigenvalue weighted by molar-refractivity contribution is 5.75. The first-order chi connectivity index (χ1) is 24.6. The Morgan fingerprint density at radius 2 is 0.673 bits per heavy atom. The van der Waals surface area contributed by atoms with Crippen LogP contribution in [0.4, 0.5) is 14.4 Å². The normalized spacial score (nSPS) is 37.9. The number of carbonyl (C=O) groups is 3. The number of nitrogens with one attached hydrogen (secondary N) is 6. The van der Waals surface area contributed by atoms with Gasteiger partial charge in [-0.3, -0.25) is 4.90 Å². The van der Waals surface area contributed by atoms with Gasteiger partial charge in [0, 0.05) is 39.3 Å². The third-order valence-electron chi connectivity index (χ3n) is 8.64. The third-order valence-corrected chi connectivity index (χ3v) is 8.64. The van der Waals surface area contributed by atoms with E-state index < -0.39 is 130 Å². The lowest BCUT2D eigenvalue weighted by atomic mass is 9.98. The van der Waals surface area contributed by atoms with E-state index in [4.69, 9.17) is 14.2 Å². The molecule has 3 aliphatic rings. The lowest BCUT2D eigenvalue weighted by molar-refractivity contribution is -0.233. The van der Waals surface area contributed by atoms with Crippen molar-refractivity contribution in [3.05, 3.63) is 0 Å². The van der Waals surface area contributed by atoms with E-state index in [1.54, 1.807) is 4.90 Å². The molecule has 0 aromatic carbocycles. The minimum absolute atomic E-state index is 0.0720. The average molecular weight is 762 g/mol. The quantitative estimate of drug-likeness (QED) is 0.0736. The lowest BCUT2D eigenvalue weighted by Gasteiger charge is -2.40. The molecule has 15 atom stereocenters. The molecular formula is C27H51N7O18. The summed E-state index contributed by atoms with van der Waals surface area (Å²) in [6, 6.07) is -2.59. The molecule has 3 saturated heterocycles. The van der Waals surface area contributed by atoms with Crippen molar-refractivity contribution < 1.29 is 89.9 Å². The Hall–Kier alpha value is -2.83. The first-order valence-corrected chi connectivity index (χ1v) is 16.4. The van der Waals surface area contributed by atoms with Gasteiger partial charge in [-0.1, -0.05) is 0 Å². The van der Waals surface area contributed by atoms with Crippen molar-refractivity contribution in [2.45, 2.75) is 91.9 Å². The molecule has 3 rings (SSSR count). The van der Waals surface area contributed by atoms with E-state index in [1.807, 2.05) is 0 Å². The Labute approximate surface area is 296 Å². The highest BCUT2D eigenvalue weighted by Gasteiger charge is 2.46. The summed E-state index contributed by atoms with van der Waals surface area (Å²) in [5.41, 5.74) is 0. The van der Waals surface area contributed by atoms with Crippen molar-refractivity contribution in [3.8, 4) is 0 Å². The summed E-state index contributed by atoms with van der Waals surface area (Å²) in [5.74, 6) is 0. The lowest BCUT2D eigenvalue weighted by Crippen LogP contribution is -2.64. The average Bonchev–Trinajstić information content (AvgIpc) is 3.12. The first kappa shape index (κ1) is 43.6. The summed E-state index contributed by atoms with van der Waals surface area (Å²) in [6.45, 7) is -2.10. The van der Waals surface area contributed by atoms with Crippen molar-refractivity contribution >= 4 is 18.1 Å². The Kier molecular flexibility index (Phi) is 17.2. The topological polar surface area (TPSA) is 397 Å². The fourth-order valence-electron chi connectivity index (χ4n) is 5.52. The molecule has 0 unspecified atom stereocenters. The molecule has 0 saturated carbocycles. The number of hydrogen-bond donors (Lipinski definition) is 18. The van der Waals surface area contributed by atoms with Gasteiger partial charge < -0.3 is 107 Å². The molecule has 3 fully saturated rings. The molecule has 52 heavy (non-hydrogen) atoms. The minimum atomic E-state index is -1.72. The van der Waals surface area contributed by atoms with Crippen molar-refractivity contribution in [2.75, 3.05) is 59.1 Å². The van der Waals surface area contributed by atoms with Crippen LogP contribution >= 0.6 is 0 Å². The maximum Gasteiger partial charge on any atom is 0.316 e. The molecule has 0 radical (unpaired) electrons. The largest absolute Gasteiger partial charge is 0.394 e. The van der Waals surface area contributed by atoms with Crippen LogP contribution < -0.4 is 31.9 Å². The maximum absolute atomic E-state index is 12.5. The summed E-state index contributed by atoms with van der Waals surface area (Å²) >= 11 is 0. The summed E-state index contributed by atoms with van der Waals surface area (Å²) in [7, 11) is 0. The Bertz CT molecular complexity index is 996. The van der Waals surface area contributed by atoms with Crippen LogP contribution in [0, 0.1) is 0 Å². The van der Waals surface area contributed by atoms with Crippen LogP contribution in [0.5, 0.6) is 0 Å². The SMILES string of the molecule is O=C(NCCN(CCNC(=O)N[C@@H]1O[C@H](CO)[C@@H](O)[C@H](O)[C@H]1O)CCNC(=O)N[C@@H]1O[C@H](CO)[C@@H](O)[C@H](O)[C@H]1O)N[C@@H]1O[C@H](CO)[C@@H](O)[C@H](O)[C@H]1O. The van der Waals surface area contributed by atoms with Gasteiger partial charge in [-0.15, -0.1) is 0 Å². The number of amides is 6. The second-order valence-corrected chi connectivity index (χ2v) is 12.3. The molecule has 25 nitrogen and oxygen atoms in total. The van der Waals surface area contributed by atoms with Crippen molar-refractivity contribution in [3.63, 3.8) is 0 Å². The maximum atomic E-state index is 12.5. The number of rotatable bonds is 15. The zero-order chi connectivity index (χ0) is 38.7. The number of aliphatic hydroxyl groups excluding tert-OH is 12. The van der Waals surface area contributed by atoms with Gasteiger partial charge in [-0.25, -0.2) is 14.4 Å². The van der Waals surface area contributed by atoms with Crippen LogP contribution in [0.3, 0.4) is 0 Å². The predicted molar refractivity (Wildman–Crippen MR) is 167 cm³/mol. The molecule has 0 aromatic heterocycles. The van der Waals surface area contributed by atoms with Crippen LogP contribution in [0.15, 0.2) is 0 Å². The second kappa shape index (κ2) is 20.6. The summed E-state index contributed by atoms with van der Waals surface area (Å²) in [4.78, 5) is 39.2. The molecule has 3 aliphatic heterocycles. The van der Waals surface area contributed by atoms with Crippen LogP contribution in [-0.2, 0) is 14.2 Å². The van der Waals surface area contributed by atoms with Gasteiger partial charge in [0.15, 0.2) is 18.7 Å². The zero-order valence-electron chi connectivity index (χ0n) is 27.8. The molecule has 3 heterocycles. The fourth-order valence-corrected chi connectivity index (χ4v) is 5.52. The van der Waals surface area contributed by atoms with Gasteiger partial charge in [-0.05, 0) is 0 Å². The van der Waals surface area contributed by atoms with Gasteiger partial charge in [-0.2, -0.15) is 0 Å². The Morgan fingerprint density at radius 1 is 0.423 bits per heavy atom. The van der Waals surface area contributed by atoms with Gasteiger partial charge in [0.1, 0.15) is 73.2 Å². The summed E-state index contributed by atoms with van der Waals surface area (Å²) < 4.78 is 15.7. The second-order valence-electron chi connectivity index (χ2n) is 12.3. The number of urea groups is 3. The van der Waals surface area contributed by atoms with Gasteiger partial charge >= 0.3 is 18.1 Å². The van der Waals surface area contributed by atoms with Gasteiger partial charge in [0.25, 0.3) is 0 Å². The number of hydrogen-bond acceptors (Lipinski definition) is 19. The molecule has 0 spiro atoms. The van der Waals surface area contributed by atoms with Crippen molar-refractivity contribution in [2.24, 2.45) is 0 Å². The predicted octanol–water partition coefficient (Wildman–Crippen LogP) is -10.4. The third kappa shape index (κ3) is 11.6. The van der Waals surface area contributed by atoms with Gasteiger partial charge in [0.05, 0.1) is 19.8 Å². The fraction of sp³-hybridized carbons (Fsp3) is 0.889. The van der Waals surface area contributed by atoms with Crippen LogP contribution in [0.1, 0.15) is 0 Å². The number of ether oxygens (including phenoxy) is 3. The first-order valence-electron chi connectivity index (χ1n) is 16.4. The molecule has 6 amide bonds. The van der Waals surface area contributed by atoms with E-state index in [-0.39, 0.29) is 39.3 Å². The molecule has 0 aliphatic carbocycles. The van der Waals surface area contributed by atoms with E-state index in [0.717, 1.165) is 0 Å². The standard InChI is InChI=1S/C27H51N7O18/c35-7-10-13(38)16(41)19(44)22(50-10)31-25(47)28-1-4-34(5-2-29-26(48)32-23-20(45)17(42)14(39)11(8-36)51-23)6-3-30-27(49)33-24-21(46)18(43)15(40)12(9-37)52-24/h10-24,35-46H,1-9H2,(H2,28,31,47)(H2,29,32,48)(H2,30,33,49)/t10-,11-,12-,13-,14-,15-,16+,17+,18+,19-,20-,21-,22-,23-,24-/m1/s1. The van der Waals surface area contributed by atoms with Crippen LogP contribution in [0.2, 0.25) is 0 Å². The molecule has 25 heteroatoms. The summed E-state index contributed by atoms with van der Waals surface area (Å²) in [5, 5.41) is 132. The van der Waals surface area contributed by atoms with Crippen LogP contribution in [0.25, 0.3) is 0 Å². The number of nitrogens with zero attached hydrogens (tertiary/aromatic N) is 1. The zero-order valence-corrected chi connectivity index (χ0v) is 27.8. The minimum Gasteiger partial charge on any atom is -0.394 e. The number of aliphatic hydroxyl groups is 12. The van der Waals surface area contributed by atoms with E-state index >= 15 is 0 Å². The Balaban J connectivity index is 1.52. The molecule has 0 bridgehead atoms. The molecule has 302 valence electrons.